The van der Waals surface area contributed by atoms with Crippen LogP contribution in [0.25, 0.3) is 0 Å². The van der Waals surface area contributed by atoms with Crippen LogP contribution < -0.4 is 0 Å². The SMILES string of the molecule is O=C1c2cccc(O)c2C(=O)c2c(O)cc(Cc3cc(O)ccc3O)cc21. The Kier molecular flexibility index (Phi) is 3.63. The number of phenols is 4. The maximum Gasteiger partial charge on any atom is 0.201 e. The third-order valence-corrected chi connectivity index (χ3v) is 4.62. The van der Waals surface area contributed by atoms with Crippen molar-refractivity contribution in [2.75, 3.05) is 0 Å². The molecular weight excluding hydrogens is 348 g/mol. The van der Waals surface area contributed by atoms with E-state index in [0.717, 1.165) is 0 Å². The van der Waals surface area contributed by atoms with Crippen LogP contribution in [-0.4, -0.2) is 32.0 Å². The van der Waals surface area contributed by atoms with Gasteiger partial charge in [-0.3, -0.25) is 9.59 Å². The van der Waals surface area contributed by atoms with Crippen molar-refractivity contribution in [1.29, 1.82) is 0 Å². The highest BCUT2D eigenvalue weighted by Gasteiger charge is 2.34. The first-order chi connectivity index (χ1) is 12.9. The highest BCUT2D eigenvalue weighted by Crippen LogP contribution is 2.38. The predicted molar refractivity (Wildman–Crippen MR) is 95.7 cm³/mol. The topological polar surface area (TPSA) is 115 Å². The van der Waals surface area contributed by atoms with Crippen molar-refractivity contribution in [1.82, 2.24) is 0 Å². The van der Waals surface area contributed by atoms with Crippen molar-refractivity contribution >= 4 is 11.6 Å². The quantitative estimate of drug-likeness (QED) is 0.408. The Morgan fingerprint density at radius 2 is 1.41 bits per heavy atom. The minimum absolute atomic E-state index is 0.0272. The van der Waals surface area contributed by atoms with Gasteiger partial charge >= 0.3 is 0 Å². The van der Waals surface area contributed by atoms with Crippen LogP contribution in [0.4, 0.5) is 0 Å². The van der Waals surface area contributed by atoms with Gasteiger partial charge in [-0.1, -0.05) is 12.1 Å². The molecule has 0 heterocycles. The highest BCUT2D eigenvalue weighted by molar-refractivity contribution is 6.30. The molecule has 3 aromatic rings. The van der Waals surface area contributed by atoms with E-state index in [9.17, 15) is 30.0 Å². The van der Waals surface area contributed by atoms with Crippen molar-refractivity contribution in [2.45, 2.75) is 6.42 Å². The fraction of sp³-hybridized carbons (Fsp3) is 0.0476. The van der Waals surface area contributed by atoms with Gasteiger partial charge in [0.25, 0.3) is 0 Å². The Labute approximate surface area is 153 Å². The van der Waals surface area contributed by atoms with Crippen LogP contribution in [0.2, 0.25) is 0 Å². The lowest BCUT2D eigenvalue weighted by molar-refractivity contribution is 0.0974. The third kappa shape index (κ3) is 2.58. The minimum Gasteiger partial charge on any atom is -0.508 e. The smallest absolute Gasteiger partial charge is 0.201 e. The van der Waals surface area contributed by atoms with Gasteiger partial charge in [0.05, 0.1) is 11.1 Å². The molecular formula is C21H14O6. The average molecular weight is 362 g/mol. The van der Waals surface area contributed by atoms with Crippen LogP contribution in [0.1, 0.15) is 43.0 Å². The summed E-state index contributed by atoms with van der Waals surface area (Å²) < 4.78 is 0. The summed E-state index contributed by atoms with van der Waals surface area (Å²) in [6.07, 6.45) is 0.134. The number of ketones is 2. The molecule has 6 heteroatoms. The van der Waals surface area contributed by atoms with Gasteiger partial charge in [-0.2, -0.15) is 0 Å². The molecule has 27 heavy (non-hydrogen) atoms. The summed E-state index contributed by atoms with van der Waals surface area (Å²) >= 11 is 0. The largest absolute Gasteiger partial charge is 0.508 e. The Bertz CT molecular complexity index is 1130. The van der Waals surface area contributed by atoms with Crippen LogP contribution in [0.3, 0.4) is 0 Å². The van der Waals surface area contributed by atoms with Gasteiger partial charge in [0, 0.05) is 23.1 Å². The van der Waals surface area contributed by atoms with Crippen LogP contribution in [0.5, 0.6) is 23.0 Å². The van der Waals surface area contributed by atoms with Gasteiger partial charge in [0.2, 0.25) is 5.78 Å². The molecule has 0 unspecified atom stereocenters. The molecule has 0 aliphatic heterocycles. The molecule has 0 radical (unpaired) electrons. The van der Waals surface area contributed by atoms with E-state index in [0.29, 0.717) is 11.1 Å². The molecule has 0 aromatic heterocycles. The molecule has 0 spiro atoms. The standard InChI is InChI=1S/C21H14O6/c22-12-4-5-15(23)11(9-12)6-10-7-14-19(17(25)8-10)21(27)18-13(20(14)26)2-1-3-16(18)24/h1-5,7-9,22-25H,6H2. The van der Waals surface area contributed by atoms with Crippen molar-refractivity contribution in [3.05, 3.63) is 81.9 Å². The predicted octanol–water partition coefficient (Wildman–Crippen LogP) is 2.88. The summed E-state index contributed by atoms with van der Waals surface area (Å²) in [4.78, 5) is 25.5. The third-order valence-electron chi connectivity index (χ3n) is 4.62. The first-order valence-corrected chi connectivity index (χ1v) is 8.15. The second-order valence-electron chi connectivity index (χ2n) is 6.39. The molecule has 0 atom stereocenters. The lowest BCUT2D eigenvalue weighted by Gasteiger charge is -2.20. The molecule has 4 N–H and O–H groups in total. The lowest BCUT2D eigenvalue weighted by Crippen LogP contribution is -2.21. The number of benzene rings is 3. The summed E-state index contributed by atoms with van der Waals surface area (Å²) in [5.74, 6) is -1.86. The summed E-state index contributed by atoms with van der Waals surface area (Å²) in [6, 6.07) is 11.1. The molecule has 6 nitrogen and oxygen atoms in total. The van der Waals surface area contributed by atoms with Gasteiger partial charge in [-0.25, -0.2) is 0 Å². The molecule has 0 saturated carbocycles. The van der Waals surface area contributed by atoms with E-state index in [-0.39, 0.29) is 51.7 Å². The van der Waals surface area contributed by atoms with Crippen LogP contribution in [0.15, 0.2) is 48.5 Å². The van der Waals surface area contributed by atoms with E-state index >= 15 is 0 Å². The number of hydrogen-bond donors (Lipinski definition) is 4. The zero-order chi connectivity index (χ0) is 19.3. The highest BCUT2D eigenvalue weighted by atomic mass is 16.3. The van der Waals surface area contributed by atoms with E-state index in [2.05, 4.69) is 0 Å². The van der Waals surface area contributed by atoms with E-state index < -0.39 is 11.6 Å². The second kappa shape index (κ2) is 5.88. The first kappa shape index (κ1) is 16.7. The molecule has 0 fully saturated rings. The van der Waals surface area contributed by atoms with Crippen molar-refractivity contribution in [2.24, 2.45) is 0 Å². The maximum atomic E-state index is 12.8. The fourth-order valence-electron chi connectivity index (χ4n) is 3.38. The fourth-order valence-corrected chi connectivity index (χ4v) is 3.38. The number of hydrogen-bond acceptors (Lipinski definition) is 6. The Morgan fingerprint density at radius 3 is 2.19 bits per heavy atom. The molecule has 1 aliphatic carbocycles. The molecule has 0 saturated heterocycles. The molecule has 0 bridgehead atoms. The molecule has 4 rings (SSSR count). The van der Waals surface area contributed by atoms with E-state index in [4.69, 9.17) is 0 Å². The Morgan fingerprint density at radius 1 is 0.667 bits per heavy atom. The number of aromatic hydroxyl groups is 4. The second-order valence-corrected chi connectivity index (χ2v) is 6.39. The van der Waals surface area contributed by atoms with Crippen molar-refractivity contribution < 1.29 is 30.0 Å². The van der Waals surface area contributed by atoms with Crippen LogP contribution in [0, 0.1) is 0 Å². The Balaban J connectivity index is 1.84. The summed E-state index contributed by atoms with van der Waals surface area (Å²) in [6.45, 7) is 0. The number of fused-ring (bicyclic) bond motifs is 2. The molecule has 3 aromatic carbocycles. The van der Waals surface area contributed by atoms with Gasteiger partial charge in [0.1, 0.15) is 23.0 Å². The molecule has 0 amide bonds. The number of rotatable bonds is 2. The van der Waals surface area contributed by atoms with E-state index in [1.807, 2.05) is 0 Å². The summed E-state index contributed by atoms with van der Waals surface area (Å²) in [5, 5.41) is 39.9. The monoisotopic (exact) mass is 362 g/mol. The van der Waals surface area contributed by atoms with E-state index in [1.54, 1.807) is 0 Å². The Hall–Kier alpha value is -3.80. The number of phenolic OH excluding ortho intramolecular Hbond substituents is 4. The van der Waals surface area contributed by atoms with E-state index in [1.165, 1.54) is 48.5 Å². The maximum absolute atomic E-state index is 12.8. The average Bonchev–Trinajstić information content (AvgIpc) is 2.62. The minimum atomic E-state index is -0.623. The van der Waals surface area contributed by atoms with Gasteiger partial charge < -0.3 is 20.4 Å². The number of carbonyl (C=O) groups excluding carboxylic acids is 2. The van der Waals surface area contributed by atoms with Gasteiger partial charge in [-0.15, -0.1) is 0 Å². The van der Waals surface area contributed by atoms with Gasteiger partial charge in [0.15, 0.2) is 5.78 Å². The van der Waals surface area contributed by atoms with Gasteiger partial charge in [-0.05, 0) is 42.0 Å². The number of carbonyl (C=O) groups is 2. The molecule has 1 aliphatic rings. The van der Waals surface area contributed by atoms with Crippen LogP contribution >= 0.6 is 0 Å². The lowest BCUT2D eigenvalue weighted by atomic mass is 9.82. The zero-order valence-corrected chi connectivity index (χ0v) is 13.9. The summed E-state index contributed by atoms with van der Waals surface area (Å²) in [5.41, 5.74) is 0.720. The summed E-state index contributed by atoms with van der Waals surface area (Å²) in [7, 11) is 0. The van der Waals surface area contributed by atoms with Crippen LogP contribution in [-0.2, 0) is 6.42 Å². The zero-order valence-electron chi connectivity index (χ0n) is 13.9. The first-order valence-electron chi connectivity index (χ1n) is 8.15. The molecule has 134 valence electrons. The normalized spacial score (nSPS) is 12.6. The van der Waals surface area contributed by atoms with Crippen molar-refractivity contribution in [3.8, 4) is 23.0 Å². The van der Waals surface area contributed by atoms with Crippen molar-refractivity contribution in [3.63, 3.8) is 0 Å².